The number of hydrogen-bond acceptors (Lipinski definition) is 5. The van der Waals surface area contributed by atoms with Crippen molar-refractivity contribution in [3.05, 3.63) is 56.7 Å². The fraction of sp³-hybridized carbons (Fsp3) is 0.263. The van der Waals surface area contributed by atoms with Crippen molar-refractivity contribution in [2.75, 3.05) is 0 Å². The smallest absolute Gasteiger partial charge is 0.344 e. The summed E-state index contributed by atoms with van der Waals surface area (Å²) in [5.74, 6) is -21.8. The molecule has 0 aliphatic heterocycles. The lowest BCUT2D eigenvalue weighted by molar-refractivity contribution is -0.337. The summed E-state index contributed by atoms with van der Waals surface area (Å²) in [5, 5.41) is 10.6. The molecule has 0 saturated carbocycles. The number of carboxylic acid groups (broad SMARTS) is 1. The number of benzene rings is 2. The Labute approximate surface area is 185 Å². The number of esters is 1. The summed E-state index contributed by atoms with van der Waals surface area (Å²) in [7, 11) is 0. The van der Waals surface area contributed by atoms with Gasteiger partial charge in [0, 0.05) is 3.57 Å². The van der Waals surface area contributed by atoms with Crippen LogP contribution in [0, 0.1) is 32.8 Å². The van der Waals surface area contributed by atoms with E-state index in [1.165, 1.54) is 24.3 Å². The molecule has 0 heterocycles. The van der Waals surface area contributed by atoms with Crippen molar-refractivity contribution in [1.82, 2.24) is 0 Å². The third-order valence-corrected chi connectivity index (χ3v) is 4.65. The van der Waals surface area contributed by atoms with Crippen LogP contribution in [0.1, 0.15) is 24.2 Å². The Morgan fingerprint density at radius 3 is 1.87 bits per heavy atom. The summed E-state index contributed by atoms with van der Waals surface area (Å²) in [4.78, 5) is 22.7. The van der Waals surface area contributed by atoms with Crippen molar-refractivity contribution in [2.24, 2.45) is 5.92 Å². The van der Waals surface area contributed by atoms with Crippen molar-refractivity contribution in [1.29, 1.82) is 0 Å². The number of ether oxygens (including phenoxy) is 2. The number of rotatable bonds is 7. The average Bonchev–Trinajstić information content (AvgIpc) is 2.69. The minimum Gasteiger partial charge on any atom is -0.544 e. The van der Waals surface area contributed by atoms with Crippen LogP contribution in [0.3, 0.4) is 0 Å². The minimum absolute atomic E-state index is 0.194. The van der Waals surface area contributed by atoms with E-state index in [2.05, 4.69) is 4.74 Å². The van der Waals surface area contributed by atoms with Gasteiger partial charge < -0.3 is 19.4 Å². The lowest BCUT2D eigenvalue weighted by atomic mass is 10.0. The van der Waals surface area contributed by atoms with Crippen molar-refractivity contribution in [3.8, 4) is 11.5 Å². The van der Waals surface area contributed by atoms with E-state index in [4.69, 9.17) is 4.74 Å². The molecule has 0 amide bonds. The van der Waals surface area contributed by atoms with Crippen LogP contribution in [0.15, 0.2) is 24.3 Å². The molecule has 2 aromatic carbocycles. The highest BCUT2D eigenvalue weighted by Crippen LogP contribution is 2.35. The van der Waals surface area contributed by atoms with Gasteiger partial charge >= 0.3 is 11.9 Å². The summed E-state index contributed by atoms with van der Waals surface area (Å²) in [6.45, 7) is 2.03. The molecule has 31 heavy (non-hydrogen) atoms. The number of hydrogen-bond donors (Lipinski definition) is 0. The average molecular weight is 561 g/mol. The molecule has 0 bridgehead atoms. The van der Waals surface area contributed by atoms with E-state index in [1.54, 1.807) is 0 Å². The summed E-state index contributed by atoms with van der Waals surface area (Å²) < 4.78 is 94.5. The van der Waals surface area contributed by atoms with E-state index in [0.29, 0.717) is 0 Å². The maximum Gasteiger partial charge on any atom is 0.344 e. The summed E-state index contributed by atoms with van der Waals surface area (Å²) >= 11 is 1.92. The second kappa shape index (κ2) is 9.32. The van der Waals surface area contributed by atoms with Gasteiger partial charge in [0.1, 0.15) is 17.3 Å². The normalized spacial score (nSPS) is 12.6. The zero-order chi connectivity index (χ0) is 23.7. The fourth-order valence-corrected chi connectivity index (χ4v) is 2.78. The van der Waals surface area contributed by atoms with Crippen molar-refractivity contribution in [3.63, 3.8) is 0 Å². The van der Waals surface area contributed by atoms with Crippen LogP contribution in [-0.4, -0.2) is 24.0 Å². The SMILES string of the molecule is CC(C)C(OC(=O)c1c(F)c(F)c(Oc2ccc(I)cc2)c(F)c1F)C(F)(F)C(=O)[O-]. The molecule has 0 aliphatic rings. The van der Waals surface area contributed by atoms with Crippen LogP contribution >= 0.6 is 22.6 Å². The molecule has 1 atom stereocenters. The molecule has 0 aromatic heterocycles. The predicted octanol–water partition coefficient (Wildman–Crippen LogP) is 4.21. The van der Waals surface area contributed by atoms with E-state index in [1.807, 2.05) is 22.6 Å². The largest absolute Gasteiger partial charge is 0.544 e. The van der Waals surface area contributed by atoms with Gasteiger partial charge in [0.2, 0.25) is 17.4 Å². The zero-order valence-electron chi connectivity index (χ0n) is 15.7. The lowest BCUT2D eigenvalue weighted by Crippen LogP contribution is -2.53. The monoisotopic (exact) mass is 561 g/mol. The van der Waals surface area contributed by atoms with E-state index in [0.717, 1.165) is 17.4 Å². The topological polar surface area (TPSA) is 75.7 Å². The summed E-state index contributed by atoms with van der Waals surface area (Å²) in [5.41, 5.74) is -1.97. The van der Waals surface area contributed by atoms with Crippen molar-refractivity contribution >= 4 is 34.5 Å². The van der Waals surface area contributed by atoms with E-state index in [9.17, 15) is 41.0 Å². The number of alkyl halides is 2. The van der Waals surface area contributed by atoms with Gasteiger partial charge in [0.15, 0.2) is 17.7 Å². The van der Waals surface area contributed by atoms with Gasteiger partial charge in [0.05, 0.1) is 0 Å². The van der Waals surface area contributed by atoms with Gasteiger partial charge in [-0.25, -0.2) is 13.6 Å². The van der Waals surface area contributed by atoms with Crippen LogP contribution in [-0.2, 0) is 9.53 Å². The highest BCUT2D eigenvalue weighted by molar-refractivity contribution is 14.1. The standard InChI is InChI=1S/C19H13F6IO5/c1-7(2)16(19(24,25)18(28)29)31-17(27)10-11(20)13(22)15(14(23)12(10)21)30-9-5-3-8(26)4-6-9/h3-7,16H,1-2H3,(H,28,29)/p-1. The number of halogens is 7. The van der Waals surface area contributed by atoms with Gasteiger partial charge in [0.25, 0.3) is 0 Å². The molecule has 0 N–H and O–H groups in total. The second-order valence-corrected chi connectivity index (χ2v) is 7.74. The molecule has 0 saturated heterocycles. The maximum atomic E-state index is 14.3. The maximum absolute atomic E-state index is 14.3. The van der Waals surface area contributed by atoms with Crippen molar-refractivity contribution in [2.45, 2.75) is 25.9 Å². The Hall–Kier alpha value is -2.51. The molecule has 0 radical (unpaired) electrons. The third kappa shape index (κ3) is 5.05. The van der Waals surface area contributed by atoms with Gasteiger partial charge in [-0.05, 0) is 52.8 Å². The van der Waals surface area contributed by atoms with Gasteiger partial charge in [-0.1, -0.05) is 13.8 Å². The Morgan fingerprint density at radius 1 is 0.968 bits per heavy atom. The molecule has 2 aromatic rings. The first kappa shape index (κ1) is 24.8. The predicted molar refractivity (Wildman–Crippen MR) is 99.5 cm³/mol. The number of aliphatic carboxylic acids is 1. The molecular formula is C19H12F6IO5-. The Kier molecular flexibility index (Phi) is 7.44. The van der Waals surface area contributed by atoms with Crippen LogP contribution in [0.5, 0.6) is 11.5 Å². The quantitative estimate of drug-likeness (QED) is 0.219. The van der Waals surface area contributed by atoms with E-state index >= 15 is 0 Å². The Morgan fingerprint density at radius 2 is 1.45 bits per heavy atom. The molecule has 5 nitrogen and oxygen atoms in total. The molecule has 0 aliphatic carbocycles. The molecule has 12 heteroatoms. The fourth-order valence-electron chi connectivity index (χ4n) is 2.42. The molecule has 168 valence electrons. The van der Waals surface area contributed by atoms with Crippen LogP contribution in [0.25, 0.3) is 0 Å². The highest BCUT2D eigenvalue weighted by atomic mass is 127. The molecule has 1 unspecified atom stereocenters. The zero-order valence-corrected chi connectivity index (χ0v) is 17.8. The van der Waals surface area contributed by atoms with Crippen LogP contribution < -0.4 is 9.84 Å². The first-order valence-electron chi connectivity index (χ1n) is 8.38. The van der Waals surface area contributed by atoms with Gasteiger partial charge in [-0.3, -0.25) is 0 Å². The Balaban J connectivity index is 2.46. The highest BCUT2D eigenvalue weighted by Gasteiger charge is 2.47. The van der Waals surface area contributed by atoms with E-state index < -0.39 is 64.5 Å². The van der Waals surface area contributed by atoms with Gasteiger partial charge in [-0.15, -0.1) is 0 Å². The minimum atomic E-state index is -4.75. The third-order valence-electron chi connectivity index (χ3n) is 3.93. The first-order chi connectivity index (χ1) is 14.3. The van der Waals surface area contributed by atoms with Gasteiger partial charge in [-0.2, -0.15) is 17.6 Å². The molecular weight excluding hydrogens is 549 g/mol. The second-order valence-electron chi connectivity index (χ2n) is 6.50. The number of carboxylic acids is 1. The van der Waals surface area contributed by atoms with Crippen LogP contribution in [0.4, 0.5) is 26.3 Å². The Bertz CT molecular complexity index is 981. The van der Waals surface area contributed by atoms with Crippen molar-refractivity contribution < 1.29 is 50.5 Å². The number of carbonyl (C=O) groups is 2. The van der Waals surface area contributed by atoms with E-state index in [-0.39, 0.29) is 5.75 Å². The first-order valence-corrected chi connectivity index (χ1v) is 9.46. The molecule has 0 spiro atoms. The molecule has 0 fully saturated rings. The summed E-state index contributed by atoms with van der Waals surface area (Å²) in [6.07, 6.45) is -2.74. The number of carbonyl (C=O) groups excluding carboxylic acids is 2. The summed E-state index contributed by atoms with van der Waals surface area (Å²) in [6, 6.07) is 5.42. The lowest BCUT2D eigenvalue weighted by Gasteiger charge is -2.30. The molecule has 2 rings (SSSR count). The van der Waals surface area contributed by atoms with Crippen LogP contribution in [0.2, 0.25) is 0 Å².